The van der Waals surface area contributed by atoms with Crippen molar-refractivity contribution in [2.45, 2.75) is 71.8 Å². The molecular formula is C21H34O6. The van der Waals surface area contributed by atoms with Crippen LogP contribution in [0.3, 0.4) is 0 Å². The van der Waals surface area contributed by atoms with E-state index >= 15 is 0 Å². The summed E-state index contributed by atoms with van der Waals surface area (Å²) in [5.74, 6) is -1.50. The lowest BCUT2D eigenvalue weighted by Crippen LogP contribution is -2.20. The summed E-state index contributed by atoms with van der Waals surface area (Å²) in [6.45, 7) is 15.7. The Labute approximate surface area is 162 Å². The van der Waals surface area contributed by atoms with Crippen molar-refractivity contribution in [2.24, 2.45) is 0 Å². The van der Waals surface area contributed by atoms with Gasteiger partial charge in [-0.2, -0.15) is 0 Å². The molecule has 0 bridgehead atoms. The number of ether oxygens (including phenoxy) is 2. The van der Waals surface area contributed by atoms with Crippen LogP contribution in [0.2, 0.25) is 0 Å². The molecule has 6 heteroatoms. The predicted molar refractivity (Wildman–Crippen MR) is 106 cm³/mol. The van der Waals surface area contributed by atoms with Crippen LogP contribution in [0.15, 0.2) is 37.0 Å². The Kier molecular flexibility index (Phi) is 17.0. The molecule has 0 unspecified atom stereocenters. The van der Waals surface area contributed by atoms with Gasteiger partial charge < -0.3 is 14.6 Å². The summed E-state index contributed by atoms with van der Waals surface area (Å²) >= 11 is 0. The second kappa shape index (κ2) is 17.1. The van der Waals surface area contributed by atoms with Crippen molar-refractivity contribution < 1.29 is 29.0 Å². The third-order valence-corrected chi connectivity index (χ3v) is 3.45. The molecule has 154 valence electrons. The van der Waals surface area contributed by atoms with Crippen LogP contribution in [0, 0.1) is 0 Å². The van der Waals surface area contributed by atoms with Crippen LogP contribution < -0.4 is 0 Å². The van der Waals surface area contributed by atoms with Crippen LogP contribution in [-0.4, -0.2) is 35.7 Å². The quantitative estimate of drug-likeness (QED) is 0.393. The lowest BCUT2D eigenvalue weighted by molar-refractivity contribution is -0.145. The number of aliphatic carboxylic acids is 1. The fourth-order valence-corrected chi connectivity index (χ4v) is 1.81. The second-order valence-corrected chi connectivity index (χ2v) is 6.26. The Balaban J connectivity index is 0. The van der Waals surface area contributed by atoms with Crippen LogP contribution in [0.4, 0.5) is 0 Å². The summed E-state index contributed by atoms with van der Waals surface area (Å²) in [4.78, 5) is 31.0. The molecule has 0 amide bonds. The number of carboxylic acid groups (broad SMARTS) is 1. The van der Waals surface area contributed by atoms with Gasteiger partial charge in [-0.1, -0.05) is 39.5 Å². The molecule has 1 aliphatic rings. The first kappa shape index (κ1) is 26.9. The molecule has 1 aliphatic carbocycles. The monoisotopic (exact) mass is 382 g/mol. The highest BCUT2D eigenvalue weighted by Crippen LogP contribution is 2.20. The van der Waals surface area contributed by atoms with Crippen LogP contribution in [0.25, 0.3) is 0 Å². The Morgan fingerprint density at radius 2 is 1.59 bits per heavy atom. The van der Waals surface area contributed by atoms with E-state index in [1.54, 1.807) is 6.92 Å². The van der Waals surface area contributed by atoms with E-state index in [4.69, 9.17) is 9.84 Å². The van der Waals surface area contributed by atoms with Gasteiger partial charge in [-0.3, -0.25) is 0 Å². The molecule has 6 nitrogen and oxygen atoms in total. The topological polar surface area (TPSA) is 89.9 Å². The second-order valence-electron chi connectivity index (χ2n) is 6.26. The van der Waals surface area contributed by atoms with E-state index in [1.807, 2.05) is 6.92 Å². The number of hydrogen-bond acceptors (Lipinski definition) is 5. The van der Waals surface area contributed by atoms with E-state index in [1.165, 1.54) is 32.3 Å². The fourth-order valence-electron chi connectivity index (χ4n) is 1.81. The van der Waals surface area contributed by atoms with Gasteiger partial charge in [-0.15, -0.1) is 0 Å². The lowest BCUT2D eigenvalue weighted by Gasteiger charge is -2.21. The summed E-state index contributed by atoms with van der Waals surface area (Å²) in [5.41, 5.74) is 0.676. The zero-order chi connectivity index (χ0) is 21.2. The average molecular weight is 382 g/mol. The standard InChI is InChI=1S/C10H16O2.C7H12O2.C4H6O2/c1-8(2)10(11)12-9-6-4-3-5-7-9;1-3-5-6-9-7(8)4-2;1-3(2)4(5)6/h9H,1,3-7H2,2H3;4H,2-3,5-6H2,1H3;1H2,2H3,(H,5,6). The SMILES string of the molecule is C=C(C)C(=O)O.C=C(C)C(=O)OC1CCCCC1.C=CC(=O)OCCCC. The number of rotatable bonds is 7. The molecule has 0 aromatic heterocycles. The first-order valence-corrected chi connectivity index (χ1v) is 9.20. The van der Waals surface area contributed by atoms with E-state index < -0.39 is 5.97 Å². The van der Waals surface area contributed by atoms with Gasteiger partial charge in [0.2, 0.25) is 0 Å². The average Bonchev–Trinajstić information content (AvgIpc) is 2.63. The largest absolute Gasteiger partial charge is 0.478 e. The zero-order valence-corrected chi connectivity index (χ0v) is 16.9. The van der Waals surface area contributed by atoms with Crippen molar-refractivity contribution in [1.29, 1.82) is 0 Å². The highest BCUT2D eigenvalue weighted by atomic mass is 16.5. The molecule has 27 heavy (non-hydrogen) atoms. The maximum Gasteiger partial charge on any atom is 0.333 e. The van der Waals surface area contributed by atoms with Crippen LogP contribution in [0.1, 0.15) is 65.7 Å². The van der Waals surface area contributed by atoms with Gasteiger partial charge in [0.05, 0.1) is 6.61 Å². The normalized spacial score (nSPS) is 12.9. The molecule has 0 aromatic carbocycles. The fraction of sp³-hybridized carbons (Fsp3) is 0.571. The molecule has 0 heterocycles. The van der Waals surface area contributed by atoms with Gasteiger partial charge in [0.15, 0.2) is 0 Å². The summed E-state index contributed by atoms with van der Waals surface area (Å²) in [6, 6.07) is 0. The van der Waals surface area contributed by atoms with Gasteiger partial charge in [-0.05, 0) is 46.0 Å². The maximum atomic E-state index is 11.1. The van der Waals surface area contributed by atoms with Crippen molar-refractivity contribution in [3.8, 4) is 0 Å². The van der Waals surface area contributed by atoms with E-state index in [9.17, 15) is 14.4 Å². The van der Waals surface area contributed by atoms with E-state index in [0.717, 1.165) is 25.7 Å². The smallest absolute Gasteiger partial charge is 0.333 e. The van der Waals surface area contributed by atoms with Gasteiger partial charge in [-0.25, -0.2) is 14.4 Å². The third-order valence-electron chi connectivity index (χ3n) is 3.45. The number of carbonyl (C=O) groups excluding carboxylic acids is 2. The van der Waals surface area contributed by atoms with Gasteiger partial charge in [0.1, 0.15) is 6.10 Å². The molecule has 1 N–H and O–H groups in total. The predicted octanol–water partition coefficient (Wildman–Crippen LogP) is 4.60. The number of hydrogen-bond donors (Lipinski definition) is 1. The summed E-state index contributed by atoms with van der Waals surface area (Å²) < 4.78 is 9.89. The van der Waals surface area contributed by atoms with Crippen molar-refractivity contribution in [1.82, 2.24) is 0 Å². The van der Waals surface area contributed by atoms with Crippen LogP contribution >= 0.6 is 0 Å². The molecule has 0 aliphatic heterocycles. The van der Waals surface area contributed by atoms with Crippen molar-refractivity contribution >= 4 is 17.9 Å². The summed E-state index contributed by atoms with van der Waals surface area (Å²) in [5, 5.41) is 7.89. The summed E-state index contributed by atoms with van der Waals surface area (Å²) in [6.07, 6.45) is 9.02. The third kappa shape index (κ3) is 18.2. The molecule has 1 fully saturated rings. The molecular weight excluding hydrogens is 348 g/mol. The molecule has 1 rings (SSSR count). The lowest BCUT2D eigenvalue weighted by atomic mass is 9.98. The minimum absolute atomic E-state index is 0.156. The Morgan fingerprint density at radius 3 is 1.96 bits per heavy atom. The number of unbranched alkanes of at least 4 members (excludes halogenated alkanes) is 1. The minimum Gasteiger partial charge on any atom is -0.478 e. The van der Waals surface area contributed by atoms with Crippen molar-refractivity contribution in [3.63, 3.8) is 0 Å². The Bertz CT molecular complexity index is 489. The first-order valence-electron chi connectivity index (χ1n) is 9.20. The van der Waals surface area contributed by atoms with Gasteiger partial charge in [0.25, 0.3) is 0 Å². The summed E-state index contributed by atoms with van der Waals surface area (Å²) in [7, 11) is 0. The van der Waals surface area contributed by atoms with E-state index in [-0.39, 0.29) is 23.6 Å². The van der Waals surface area contributed by atoms with Gasteiger partial charge in [0, 0.05) is 17.2 Å². The Morgan fingerprint density at radius 1 is 1.07 bits per heavy atom. The highest BCUT2D eigenvalue weighted by Gasteiger charge is 2.17. The first-order chi connectivity index (χ1) is 12.6. The molecule has 0 atom stereocenters. The van der Waals surface area contributed by atoms with Crippen molar-refractivity contribution in [2.75, 3.05) is 6.61 Å². The van der Waals surface area contributed by atoms with Crippen LogP contribution in [0.5, 0.6) is 0 Å². The minimum atomic E-state index is -0.935. The number of carbonyl (C=O) groups is 3. The number of carboxylic acids is 1. The molecule has 0 spiro atoms. The van der Waals surface area contributed by atoms with E-state index in [0.29, 0.717) is 12.2 Å². The Hall–Kier alpha value is -2.37. The zero-order valence-electron chi connectivity index (χ0n) is 16.9. The molecule has 1 saturated carbocycles. The maximum absolute atomic E-state index is 11.1. The van der Waals surface area contributed by atoms with Crippen molar-refractivity contribution in [3.05, 3.63) is 37.0 Å². The number of esters is 2. The molecule has 0 saturated heterocycles. The van der Waals surface area contributed by atoms with E-state index in [2.05, 4.69) is 24.5 Å². The molecule has 0 aromatic rings. The van der Waals surface area contributed by atoms with Crippen LogP contribution in [-0.2, 0) is 23.9 Å². The van der Waals surface area contributed by atoms with Gasteiger partial charge >= 0.3 is 17.9 Å². The highest BCUT2D eigenvalue weighted by molar-refractivity contribution is 5.87. The molecule has 0 radical (unpaired) electrons.